The van der Waals surface area contributed by atoms with Crippen molar-refractivity contribution < 1.29 is 9.47 Å². The molecule has 4 nitrogen and oxygen atoms in total. The summed E-state index contributed by atoms with van der Waals surface area (Å²) in [5, 5.41) is 3.66. The molecule has 0 bridgehead atoms. The summed E-state index contributed by atoms with van der Waals surface area (Å²) < 4.78 is 13.9. The van der Waals surface area contributed by atoms with E-state index in [0.717, 1.165) is 36.6 Å². The molecule has 1 atom stereocenters. The van der Waals surface area contributed by atoms with E-state index in [2.05, 4.69) is 52.5 Å². The Labute approximate surface area is 154 Å². The van der Waals surface area contributed by atoms with Crippen LogP contribution in [-0.4, -0.2) is 18.2 Å². The van der Waals surface area contributed by atoms with Gasteiger partial charge in [0.1, 0.15) is 6.61 Å². The van der Waals surface area contributed by atoms with Crippen LogP contribution in [0.25, 0.3) is 0 Å². The van der Waals surface area contributed by atoms with Crippen LogP contribution in [0.4, 0.5) is 0 Å². The second-order valence-electron chi connectivity index (χ2n) is 6.55. The van der Waals surface area contributed by atoms with Gasteiger partial charge in [0, 0.05) is 18.4 Å². The number of methoxy groups -OCH3 is 1. The SMILES string of the molecule is COc1ccc(C2NCCCn3cccc32)cc1OCc1ccccc1. The maximum atomic E-state index is 6.09. The van der Waals surface area contributed by atoms with Gasteiger partial charge in [0.25, 0.3) is 0 Å². The topological polar surface area (TPSA) is 35.4 Å². The van der Waals surface area contributed by atoms with E-state index in [4.69, 9.17) is 9.47 Å². The maximum Gasteiger partial charge on any atom is 0.162 e. The highest BCUT2D eigenvalue weighted by Crippen LogP contribution is 2.33. The highest BCUT2D eigenvalue weighted by molar-refractivity contribution is 5.45. The molecule has 0 aliphatic carbocycles. The van der Waals surface area contributed by atoms with Gasteiger partial charge >= 0.3 is 0 Å². The van der Waals surface area contributed by atoms with Crippen molar-refractivity contribution in [1.82, 2.24) is 9.88 Å². The van der Waals surface area contributed by atoms with Crippen molar-refractivity contribution in [1.29, 1.82) is 0 Å². The van der Waals surface area contributed by atoms with Crippen molar-refractivity contribution in [3.8, 4) is 11.5 Å². The van der Waals surface area contributed by atoms with Gasteiger partial charge in [0.05, 0.1) is 13.2 Å². The van der Waals surface area contributed by atoms with Crippen LogP contribution in [0.5, 0.6) is 11.5 Å². The Morgan fingerprint density at radius 2 is 1.92 bits per heavy atom. The van der Waals surface area contributed by atoms with Crippen LogP contribution in [0.3, 0.4) is 0 Å². The first kappa shape index (κ1) is 16.7. The standard InChI is InChI=1S/C22H24N2O2/c1-25-20-11-10-18(15-21(20)26-16-17-7-3-2-4-8-17)22-19-9-5-13-24(19)14-6-12-23-22/h2-5,7-11,13,15,22-23H,6,12,14,16H2,1H3. The second-order valence-corrected chi connectivity index (χ2v) is 6.55. The lowest BCUT2D eigenvalue weighted by Gasteiger charge is -2.20. The number of nitrogens with one attached hydrogen (secondary N) is 1. The third-order valence-corrected chi connectivity index (χ3v) is 4.84. The summed E-state index contributed by atoms with van der Waals surface area (Å²) in [5.74, 6) is 1.53. The van der Waals surface area contributed by atoms with Crippen LogP contribution in [0, 0.1) is 0 Å². The minimum absolute atomic E-state index is 0.164. The predicted octanol–water partition coefficient (Wildman–Crippen LogP) is 4.16. The molecule has 2 aromatic carbocycles. The molecule has 1 unspecified atom stereocenters. The first-order valence-electron chi connectivity index (χ1n) is 9.08. The van der Waals surface area contributed by atoms with Crippen LogP contribution in [0.15, 0.2) is 66.9 Å². The van der Waals surface area contributed by atoms with Gasteiger partial charge < -0.3 is 19.4 Å². The molecular formula is C22H24N2O2. The van der Waals surface area contributed by atoms with Crippen molar-refractivity contribution >= 4 is 0 Å². The van der Waals surface area contributed by atoms with Crippen molar-refractivity contribution in [3.05, 3.63) is 83.7 Å². The Bertz CT molecular complexity index is 858. The van der Waals surface area contributed by atoms with Gasteiger partial charge in [-0.25, -0.2) is 0 Å². The zero-order chi connectivity index (χ0) is 17.8. The zero-order valence-corrected chi connectivity index (χ0v) is 15.0. The van der Waals surface area contributed by atoms with E-state index in [1.807, 2.05) is 24.3 Å². The van der Waals surface area contributed by atoms with Crippen molar-refractivity contribution in [3.63, 3.8) is 0 Å². The monoisotopic (exact) mass is 348 g/mol. The van der Waals surface area contributed by atoms with Crippen LogP contribution in [0.2, 0.25) is 0 Å². The third kappa shape index (κ3) is 3.46. The van der Waals surface area contributed by atoms with Crippen molar-refractivity contribution in [2.24, 2.45) is 0 Å². The molecule has 0 radical (unpaired) electrons. The molecule has 4 heteroatoms. The van der Waals surface area contributed by atoms with Crippen LogP contribution in [-0.2, 0) is 13.2 Å². The highest BCUT2D eigenvalue weighted by Gasteiger charge is 2.21. The molecule has 0 amide bonds. The summed E-state index contributed by atoms with van der Waals surface area (Å²) in [4.78, 5) is 0. The fraction of sp³-hybridized carbons (Fsp3) is 0.273. The van der Waals surface area contributed by atoms with E-state index < -0.39 is 0 Å². The Morgan fingerprint density at radius 1 is 1.04 bits per heavy atom. The normalized spacial score (nSPS) is 16.6. The predicted molar refractivity (Wildman–Crippen MR) is 103 cm³/mol. The van der Waals surface area contributed by atoms with E-state index in [-0.39, 0.29) is 6.04 Å². The van der Waals surface area contributed by atoms with Gasteiger partial charge in [-0.1, -0.05) is 36.4 Å². The first-order valence-corrected chi connectivity index (χ1v) is 9.08. The second kappa shape index (κ2) is 7.67. The fourth-order valence-corrected chi connectivity index (χ4v) is 3.50. The van der Waals surface area contributed by atoms with Gasteiger partial charge in [0.15, 0.2) is 11.5 Å². The van der Waals surface area contributed by atoms with Crippen LogP contribution >= 0.6 is 0 Å². The van der Waals surface area contributed by atoms with Crippen LogP contribution < -0.4 is 14.8 Å². The Kier molecular flexibility index (Phi) is 4.93. The molecule has 1 aromatic heterocycles. The van der Waals surface area contributed by atoms with E-state index in [9.17, 15) is 0 Å². The number of nitrogens with zero attached hydrogens (tertiary/aromatic N) is 1. The quantitative estimate of drug-likeness (QED) is 0.752. The van der Waals surface area contributed by atoms with Gasteiger partial charge in [0.2, 0.25) is 0 Å². The molecule has 134 valence electrons. The fourth-order valence-electron chi connectivity index (χ4n) is 3.50. The number of fused-ring (bicyclic) bond motifs is 1. The molecular weight excluding hydrogens is 324 g/mol. The number of aromatic nitrogens is 1. The lowest BCUT2D eigenvalue weighted by molar-refractivity contribution is 0.284. The number of ether oxygens (including phenoxy) is 2. The lowest BCUT2D eigenvalue weighted by Crippen LogP contribution is -2.22. The molecule has 2 heterocycles. The Hall–Kier alpha value is -2.72. The summed E-state index contributed by atoms with van der Waals surface area (Å²) >= 11 is 0. The molecule has 26 heavy (non-hydrogen) atoms. The zero-order valence-electron chi connectivity index (χ0n) is 15.0. The smallest absolute Gasteiger partial charge is 0.162 e. The lowest BCUT2D eigenvalue weighted by atomic mass is 10.0. The maximum absolute atomic E-state index is 6.09. The minimum Gasteiger partial charge on any atom is -0.493 e. The number of aryl methyl sites for hydroxylation is 1. The van der Waals surface area contributed by atoms with Gasteiger partial charge in [-0.15, -0.1) is 0 Å². The summed E-state index contributed by atoms with van der Waals surface area (Å²) in [6.07, 6.45) is 3.29. The summed E-state index contributed by atoms with van der Waals surface area (Å²) in [5.41, 5.74) is 3.62. The molecule has 4 rings (SSSR count). The van der Waals surface area contributed by atoms with Gasteiger partial charge in [-0.2, -0.15) is 0 Å². The number of benzene rings is 2. The molecule has 0 spiro atoms. The molecule has 3 aromatic rings. The third-order valence-electron chi connectivity index (χ3n) is 4.84. The van der Waals surface area contributed by atoms with E-state index in [1.54, 1.807) is 7.11 Å². The molecule has 1 aliphatic heterocycles. The summed E-state index contributed by atoms with van der Waals surface area (Å²) in [7, 11) is 1.68. The van der Waals surface area contributed by atoms with E-state index >= 15 is 0 Å². The summed E-state index contributed by atoms with van der Waals surface area (Å²) in [6, 6.07) is 20.9. The summed E-state index contributed by atoms with van der Waals surface area (Å²) in [6.45, 7) is 2.58. The number of hydrogen-bond donors (Lipinski definition) is 1. The van der Waals surface area contributed by atoms with Gasteiger partial charge in [-0.05, 0) is 48.4 Å². The van der Waals surface area contributed by atoms with Crippen molar-refractivity contribution in [2.75, 3.05) is 13.7 Å². The molecule has 0 fully saturated rings. The van der Waals surface area contributed by atoms with E-state index in [0.29, 0.717) is 6.61 Å². The molecule has 1 aliphatic rings. The van der Waals surface area contributed by atoms with Crippen LogP contribution in [0.1, 0.15) is 29.3 Å². The largest absolute Gasteiger partial charge is 0.493 e. The van der Waals surface area contributed by atoms with E-state index in [1.165, 1.54) is 11.3 Å². The highest BCUT2D eigenvalue weighted by atomic mass is 16.5. The average Bonchev–Trinajstić information content (AvgIpc) is 3.06. The number of hydrogen-bond acceptors (Lipinski definition) is 3. The Balaban J connectivity index is 1.62. The molecule has 0 saturated heterocycles. The van der Waals surface area contributed by atoms with Crippen molar-refractivity contribution in [2.45, 2.75) is 25.6 Å². The first-order chi connectivity index (χ1) is 12.8. The van der Waals surface area contributed by atoms with Gasteiger partial charge in [-0.3, -0.25) is 0 Å². The molecule has 1 N–H and O–H groups in total. The minimum atomic E-state index is 0.164. The Morgan fingerprint density at radius 3 is 2.77 bits per heavy atom. The number of rotatable bonds is 5. The molecule has 0 saturated carbocycles. The average molecular weight is 348 g/mol.